The number of aliphatic hydroxyl groups is 2. The van der Waals surface area contributed by atoms with Gasteiger partial charge >= 0.3 is 5.97 Å². The molecule has 5 heteroatoms. The molecule has 0 amide bonds. The largest absolute Gasteiger partial charge is 0.457 e. The Labute approximate surface area is 129 Å². The van der Waals surface area contributed by atoms with Crippen LogP contribution in [0.2, 0.25) is 0 Å². The zero-order chi connectivity index (χ0) is 12.1. The SMILES string of the molecule is [CH2-][C@H](O)[C@@H](O)C/C=C/C(=O)OC(C)(C)C.[Sm]. The number of ether oxygens (including phenoxy) is 1. The molecule has 0 rings (SSSR count). The first-order valence-electron chi connectivity index (χ1n) is 4.81. The van der Waals surface area contributed by atoms with Crippen LogP contribution in [0.5, 0.6) is 0 Å². The number of carbonyl (C=O) groups is 1. The molecule has 0 aromatic heterocycles. The number of carbonyl (C=O) groups excluding carboxylic acids is 1. The molecule has 0 fully saturated rings. The number of hydrogen-bond acceptors (Lipinski definition) is 4. The van der Waals surface area contributed by atoms with Gasteiger partial charge < -0.3 is 21.9 Å². The van der Waals surface area contributed by atoms with Crippen LogP contribution in [0, 0.1) is 47.3 Å². The standard InChI is InChI=1S/C11H19O4.Sm/c1-8(12)9(13)6-5-7-10(14)15-11(2,3)4;/h5,7-9,12-13H,1,6H2,2-4H3;/q-1;/b7-5+;/t8-,9-;/m0./s1. The van der Waals surface area contributed by atoms with Crippen molar-refractivity contribution >= 4 is 5.97 Å². The van der Waals surface area contributed by atoms with Crippen LogP contribution in [0.15, 0.2) is 12.2 Å². The summed E-state index contributed by atoms with van der Waals surface area (Å²) < 4.78 is 4.99. The van der Waals surface area contributed by atoms with Crippen molar-refractivity contribution in [3.05, 3.63) is 19.1 Å². The quantitative estimate of drug-likeness (QED) is 0.440. The Hall–Kier alpha value is 0.468. The smallest absolute Gasteiger partial charge is 0.330 e. The molecule has 0 radical (unpaired) electrons. The van der Waals surface area contributed by atoms with Crippen LogP contribution in [0.1, 0.15) is 27.2 Å². The topological polar surface area (TPSA) is 66.8 Å². The normalized spacial score (nSPS) is 15.4. The van der Waals surface area contributed by atoms with Gasteiger partial charge in [0.05, 0.1) is 6.10 Å². The predicted octanol–water partition coefficient (Wildman–Crippen LogP) is 0.830. The number of hydrogen-bond donors (Lipinski definition) is 2. The minimum atomic E-state index is -1.05. The Morgan fingerprint density at radius 3 is 2.31 bits per heavy atom. The molecule has 0 aromatic carbocycles. The summed E-state index contributed by atoms with van der Waals surface area (Å²) in [7, 11) is 0. The second kappa shape index (κ2) is 8.54. The van der Waals surface area contributed by atoms with E-state index in [0.29, 0.717) is 0 Å². The first-order chi connectivity index (χ1) is 6.72. The van der Waals surface area contributed by atoms with Gasteiger partial charge in [0.15, 0.2) is 0 Å². The van der Waals surface area contributed by atoms with E-state index >= 15 is 0 Å². The predicted molar refractivity (Wildman–Crippen MR) is 57.0 cm³/mol. The van der Waals surface area contributed by atoms with Crippen LogP contribution in [-0.2, 0) is 9.53 Å². The van der Waals surface area contributed by atoms with Crippen molar-refractivity contribution in [1.29, 1.82) is 0 Å². The van der Waals surface area contributed by atoms with Gasteiger partial charge in [0.1, 0.15) is 5.60 Å². The van der Waals surface area contributed by atoms with E-state index in [1.165, 1.54) is 12.2 Å². The summed E-state index contributed by atoms with van der Waals surface area (Å²) in [4.78, 5) is 11.1. The van der Waals surface area contributed by atoms with Gasteiger partial charge in [-0.25, -0.2) is 4.79 Å². The minimum Gasteiger partial charge on any atom is -0.457 e. The summed E-state index contributed by atoms with van der Waals surface area (Å²) in [5.74, 6) is -0.465. The molecule has 0 heterocycles. The molecule has 0 spiro atoms. The Bertz CT molecular complexity index is 231. The van der Waals surface area contributed by atoms with Crippen molar-refractivity contribution < 1.29 is 60.1 Å². The fraction of sp³-hybridized carbons (Fsp3) is 0.636. The Balaban J connectivity index is 0. The molecule has 16 heavy (non-hydrogen) atoms. The molecule has 2 atom stereocenters. The van der Waals surface area contributed by atoms with Crippen LogP contribution in [0.4, 0.5) is 0 Å². The zero-order valence-corrected chi connectivity index (χ0v) is 12.5. The van der Waals surface area contributed by atoms with Gasteiger partial charge in [0.2, 0.25) is 0 Å². The molecule has 4 nitrogen and oxygen atoms in total. The first-order valence-corrected chi connectivity index (χ1v) is 4.81. The first kappa shape index (κ1) is 18.8. The molecule has 0 saturated carbocycles. The van der Waals surface area contributed by atoms with Crippen LogP contribution >= 0.6 is 0 Å². The summed E-state index contributed by atoms with van der Waals surface area (Å²) in [6.45, 7) is 8.56. The maximum atomic E-state index is 11.1. The summed E-state index contributed by atoms with van der Waals surface area (Å²) in [6, 6.07) is 0. The van der Waals surface area contributed by atoms with E-state index < -0.39 is 23.8 Å². The van der Waals surface area contributed by atoms with E-state index in [4.69, 9.17) is 14.9 Å². The molecule has 0 aliphatic carbocycles. The average molecular weight is 366 g/mol. The molecule has 0 aliphatic rings. The molecule has 0 unspecified atom stereocenters. The molecule has 0 aliphatic heterocycles. The third kappa shape index (κ3) is 11.0. The van der Waals surface area contributed by atoms with Gasteiger partial charge in [-0.3, -0.25) is 0 Å². The van der Waals surface area contributed by atoms with Gasteiger partial charge in [-0.1, -0.05) is 6.08 Å². The number of esters is 1. The fourth-order valence-electron chi connectivity index (χ4n) is 0.797. The number of aliphatic hydroxyl groups excluding tert-OH is 2. The van der Waals surface area contributed by atoms with Gasteiger partial charge in [-0.15, -0.1) is 0 Å². The summed E-state index contributed by atoms with van der Waals surface area (Å²) in [6.07, 6.45) is 0.852. The molecular formula is C11H19O4Sm-. The molecule has 0 bridgehead atoms. The van der Waals surface area contributed by atoms with Crippen LogP contribution in [-0.4, -0.2) is 34.0 Å². The summed E-state index contributed by atoms with van der Waals surface area (Å²) in [5, 5.41) is 18.0. The molecule has 94 valence electrons. The van der Waals surface area contributed by atoms with Gasteiger partial charge in [0, 0.05) is 46.5 Å². The Kier molecular flexibility index (Phi) is 10.0. The second-order valence-corrected chi connectivity index (χ2v) is 4.31. The van der Waals surface area contributed by atoms with E-state index in [-0.39, 0.29) is 46.8 Å². The summed E-state index contributed by atoms with van der Waals surface area (Å²) >= 11 is 0. The van der Waals surface area contributed by atoms with Crippen molar-refractivity contribution in [2.75, 3.05) is 0 Å². The van der Waals surface area contributed by atoms with Gasteiger partial charge in [-0.2, -0.15) is 0 Å². The second-order valence-electron chi connectivity index (χ2n) is 4.31. The van der Waals surface area contributed by atoms with E-state index in [1.54, 1.807) is 20.8 Å². The third-order valence-corrected chi connectivity index (χ3v) is 1.48. The molecule has 0 aromatic rings. The molecule has 0 saturated heterocycles. The summed E-state index contributed by atoms with van der Waals surface area (Å²) in [5.41, 5.74) is -0.522. The van der Waals surface area contributed by atoms with E-state index in [1.807, 2.05) is 0 Å². The Morgan fingerprint density at radius 2 is 1.94 bits per heavy atom. The van der Waals surface area contributed by atoms with Crippen molar-refractivity contribution in [2.24, 2.45) is 0 Å². The monoisotopic (exact) mass is 367 g/mol. The van der Waals surface area contributed by atoms with Crippen molar-refractivity contribution in [1.82, 2.24) is 0 Å². The zero-order valence-electron chi connectivity index (χ0n) is 9.84. The van der Waals surface area contributed by atoms with Crippen molar-refractivity contribution in [3.63, 3.8) is 0 Å². The number of rotatable bonds is 4. The van der Waals surface area contributed by atoms with Crippen LogP contribution in [0.3, 0.4) is 0 Å². The minimum absolute atomic E-state index is 0. The average Bonchev–Trinajstić information content (AvgIpc) is 2.00. The van der Waals surface area contributed by atoms with E-state index in [2.05, 4.69) is 6.92 Å². The Morgan fingerprint density at radius 1 is 1.44 bits per heavy atom. The fourth-order valence-corrected chi connectivity index (χ4v) is 0.797. The van der Waals surface area contributed by atoms with E-state index in [9.17, 15) is 4.79 Å². The maximum absolute atomic E-state index is 11.1. The van der Waals surface area contributed by atoms with Gasteiger partial charge in [0.25, 0.3) is 0 Å². The molecule has 2 N–H and O–H groups in total. The van der Waals surface area contributed by atoms with Crippen molar-refractivity contribution in [3.8, 4) is 0 Å². The van der Waals surface area contributed by atoms with Gasteiger partial charge in [-0.05, 0) is 33.3 Å². The van der Waals surface area contributed by atoms with Crippen LogP contribution < -0.4 is 0 Å². The molecular weight excluding hydrogens is 346 g/mol. The third-order valence-electron chi connectivity index (χ3n) is 1.48. The van der Waals surface area contributed by atoms with E-state index in [0.717, 1.165) is 0 Å². The van der Waals surface area contributed by atoms with Crippen LogP contribution in [0.25, 0.3) is 0 Å². The maximum Gasteiger partial charge on any atom is 0.330 e. The van der Waals surface area contributed by atoms with Crippen molar-refractivity contribution in [2.45, 2.75) is 45.0 Å².